The summed E-state index contributed by atoms with van der Waals surface area (Å²) in [5.74, 6) is 0.649. The monoisotopic (exact) mass is 179 g/mol. The lowest BCUT2D eigenvalue weighted by Gasteiger charge is -2.25. The van der Waals surface area contributed by atoms with Crippen molar-refractivity contribution in [1.29, 1.82) is 0 Å². The van der Waals surface area contributed by atoms with Crippen molar-refractivity contribution in [3.8, 4) is 0 Å². The molecule has 1 aromatic rings. The van der Waals surface area contributed by atoms with E-state index >= 15 is 0 Å². The molecule has 13 heavy (non-hydrogen) atoms. The molecule has 1 aromatic heterocycles. The topological polar surface area (TPSA) is 57.8 Å². The number of imidazole rings is 1. The van der Waals surface area contributed by atoms with E-state index in [2.05, 4.69) is 15.3 Å². The standard InChI is InChI=1S/C9H13N3O/c13-9(8-5-10-6-12-8)11-4-7-2-1-3-7/h5-7H,1-4H2,(H,10,12)(H,11,13). The van der Waals surface area contributed by atoms with Crippen molar-refractivity contribution < 1.29 is 4.79 Å². The minimum atomic E-state index is -0.0515. The average molecular weight is 179 g/mol. The second kappa shape index (κ2) is 3.60. The Bertz CT molecular complexity index is 277. The maximum Gasteiger partial charge on any atom is 0.269 e. The minimum absolute atomic E-state index is 0.0515. The highest BCUT2D eigenvalue weighted by atomic mass is 16.1. The third kappa shape index (κ3) is 1.88. The minimum Gasteiger partial charge on any atom is -0.350 e. The normalized spacial score (nSPS) is 16.6. The third-order valence-electron chi connectivity index (χ3n) is 2.52. The second-order valence-corrected chi connectivity index (χ2v) is 3.47. The van der Waals surface area contributed by atoms with Crippen LogP contribution in [0.5, 0.6) is 0 Å². The molecule has 1 aliphatic rings. The first-order valence-electron chi connectivity index (χ1n) is 4.63. The van der Waals surface area contributed by atoms with Crippen LogP contribution in [0.4, 0.5) is 0 Å². The highest BCUT2D eigenvalue weighted by Crippen LogP contribution is 2.25. The fourth-order valence-corrected chi connectivity index (χ4v) is 1.41. The van der Waals surface area contributed by atoms with Crippen LogP contribution < -0.4 is 5.32 Å². The zero-order chi connectivity index (χ0) is 9.10. The molecule has 0 unspecified atom stereocenters. The molecule has 1 saturated carbocycles. The number of aromatic nitrogens is 2. The van der Waals surface area contributed by atoms with Gasteiger partial charge in [-0.1, -0.05) is 6.42 Å². The van der Waals surface area contributed by atoms with Crippen molar-refractivity contribution in [3.63, 3.8) is 0 Å². The zero-order valence-electron chi connectivity index (χ0n) is 7.42. The Morgan fingerprint density at radius 3 is 3.08 bits per heavy atom. The van der Waals surface area contributed by atoms with E-state index in [-0.39, 0.29) is 5.91 Å². The van der Waals surface area contributed by atoms with E-state index in [0.717, 1.165) is 6.54 Å². The van der Waals surface area contributed by atoms with E-state index in [1.54, 1.807) is 0 Å². The molecular weight excluding hydrogens is 166 g/mol. The Morgan fingerprint density at radius 1 is 1.69 bits per heavy atom. The first-order chi connectivity index (χ1) is 6.36. The zero-order valence-corrected chi connectivity index (χ0v) is 7.42. The molecule has 0 atom stereocenters. The lowest BCUT2D eigenvalue weighted by molar-refractivity contribution is 0.0934. The van der Waals surface area contributed by atoms with Gasteiger partial charge < -0.3 is 10.3 Å². The fraction of sp³-hybridized carbons (Fsp3) is 0.556. The number of H-pyrrole nitrogens is 1. The Kier molecular flexibility index (Phi) is 2.29. The molecule has 0 aromatic carbocycles. The van der Waals surface area contributed by atoms with Gasteiger partial charge in [0.2, 0.25) is 0 Å². The van der Waals surface area contributed by atoms with Gasteiger partial charge in [0.05, 0.1) is 12.5 Å². The van der Waals surface area contributed by atoms with Crippen LogP contribution in [0.15, 0.2) is 12.5 Å². The van der Waals surface area contributed by atoms with Gasteiger partial charge >= 0.3 is 0 Å². The summed E-state index contributed by atoms with van der Waals surface area (Å²) in [4.78, 5) is 17.9. The number of aromatic amines is 1. The molecule has 1 heterocycles. The summed E-state index contributed by atoms with van der Waals surface area (Å²) in [5.41, 5.74) is 0.541. The lowest BCUT2D eigenvalue weighted by atomic mass is 9.85. The number of rotatable bonds is 3. The SMILES string of the molecule is O=C(NCC1CCC1)c1cnc[nH]1. The third-order valence-corrected chi connectivity index (χ3v) is 2.52. The van der Waals surface area contributed by atoms with Crippen LogP contribution in [0.3, 0.4) is 0 Å². The predicted octanol–water partition coefficient (Wildman–Crippen LogP) is 0.940. The van der Waals surface area contributed by atoms with Gasteiger partial charge in [0.1, 0.15) is 5.69 Å². The molecule has 1 fully saturated rings. The van der Waals surface area contributed by atoms with Crippen molar-refractivity contribution >= 4 is 5.91 Å². The van der Waals surface area contributed by atoms with Gasteiger partial charge in [-0.2, -0.15) is 0 Å². The maximum atomic E-state index is 11.4. The van der Waals surface area contributed by atoms with Crippen LogP contribution in [0.1, 0.15) is 29.8 Å². The first kappa shape index (κ1) is 8.29. The molecule has 1 amide bonds. The van der Waals surface area contributed by atoms with Crippen molar-refractivity contribution in [2.45, 2.75) is 19.3 Å². The number of amides is 1. The molecule has 0 saturated heterocycles. The number of nitrogens with one attached hydrogen (secondary N) is 2. The lowest BCUT2D eigenvalue weighted by Crippen LogP contribution is -2.32. The number of nitrogens with zero attached hydrogens (tertiary/aromatic N) is 1. The molecule has 4 heteroatoms. The number of hydrogen-bond donors (Lipinski definition) is 2. The summed E-state index contributed by atoms with van der Waals surface area (Å²) in [7, 11) is 0. The van der Waals surface area contributed by atoms with Crippen LogP contribution in [0, 0.1) is 5.92 Å². The number of hydrogen-bond acceptors (Lipinski definition) is 2. The Morgan fingerprint density at radius 2 is 2.54 bits per heavy atom. The highest BCUT2D eigenvalue weighted by molar-refractivity contribution is 5.91. The van der Waals surface area contributed by atoms with Gasteiger partial charge in [0.25, 0.3) is 5.91 Å². The van der Waals surface area contributed by atoms with Crippen LogP contribution in [-0.4, -0.2) is 22.4 Å². The van der Waals surface area contributed by atoms with E-state index in [4.69, 9.17) is 0 Å². The van der Waals surface area contributed by atoms with Gasteiger partial charge in [-0.25, -0.2) is 4.98 Å². The summed E-state index contributed by atoms with van der Waals surface area (Å²) in [6.07, 6.45) is 6.87. The fourth-order valence-electron chi connectivity index (χ4n) is 1.41. The molecule has 0 aliphatic heterocycles. The Hall–Kier alpha value is -1.32. The summed E-state index contributed by atoms with van der Waals surface area (Å²) in [5, 5.41) is 2.88. The molecule has 4 nitrogen and oxygen atoms in total. The maximum absolute atomic E-state index is 11.4. The highest BCUT2D eigenvalue weighted by Gasteiger charge is 2.18. The smallest absolute Gasteiger partial charge is 0.269 e. The molecule has 2 rings (SSSR count). The van der Waals surface area contributed by atoms with Gasteiger partial charge in [0.15, 0.2) is 0 Å². The first-order valence-corrected chi connectivity index (χ1v) is 4.63. The number of carbonyl (C=O) groups excluding carboxylic acids is 1. The molecule has 1 aliphatic carbocycles. The van der Waals surface area contributed by atoms with E-state index < -0.39 is 0 Å². The Labute approximate surface area is 76.8 Å². The van der Waals surface area contributed by atoms with E-state index in [1.807, 2.05) is 0 Å². The summed E-state index contributed by atoms with van der Waals surface area (Å²) < 4.78 is 0. The molecule has 0 spiro atoms. The largest absolute Gasteiger partial charge is 0.350 e. The Balaban J connectivity index is 1.78. The van der Waals surface area contributed by atoms with E-state index in [1.165, 1.54) is 31.8 Å². The van der Waals surface area contributed by atoms with Crippen molar-refractivity contribution in [3.05, 3.63) is 18.2 Å². The molecular formula is C9H13N3O. The van der Waals surface area contributed by atoms with Gasteiger partial charge in [-0.05, 0) is 18.8 Å². The summed E-state index contributed by atoms with van der Waals surface area (Å²) in [6.45, 7) is 0.803. The second-order valence-electron chi connectivity index (χ2n) is 3.47. The molecule has 70 valence electrons. The molecule has 0 bridgehead atoms. The van der Waals surface area contributed by atoms with Crippen LogP contribution in [0.2, 0.25) is 0 Å². The van der Waals surface area contributed by atoms with Gasteiger partial charge in [-0.3, -0.25) is 4.79 Å². The number of carbonyl (C=O) groups is 1. The van der Waals surface area contributed by atoms with Gasteiger partial charge in [0, 0.05) is 6.54 Å². The molecule has 2 N–H and O–H groups in total. The van der Waals surface area contributed by atoms with Crippen LogP contribution >= 0.6 is 0 Å². The van der Waals surface area contributed by atoms with Crippen LogP contribution in [-0.2, 0) is 0 Å². The van der Waals surface area contributed by atoms with E-state index in [0.29, 0.717) is 11.6 Å². The van der Waals surface area contributed by atoms with Crippen LogP contribution in [0.25, 0.3) is 0 Å². The van der Waals surface area contributed by atoms with Crippen molar-refractivity contribution in [1.82, 2.24) is 15.3 Å². The average Bonchev–Trinajstić information content (AvgIpc) is 2.52. The summed E-state index contributed by atoms with van der Waals surface area (Å²) >= 11 is 0. The van der Waals surface area contributed by atoms with Gasteiger partial charge in [-0.15, -0.1) is 0 Å². The predicted molar refractivity (Wildman–Crippen MR) is 48.3 cm³/mol. The summed E-state index contributed by atoms with van der Waals surface area (Å²) in [6, 6.07) is 0. The quantitative estimate of drug-likeness (QED) is 0.725. The van der Waals surface area contributed by atoms with E-state index in [9.17, 15) is 4.79 Å². The van der Waals surface area contributed by atoms with Crippen molar-refractivity contribution in [2.75, 3.05) is 6.54 Å². The van der Waals surface area contributed by atoms with Crippen molar-refractivity contribution in [2.24, 2.45) is 5.92 Å². The molecule has 0 radical (unpaired) electrons.